The zero-order chi connectivity index (χ0) is 18.6. The van der Waals surface area contributed by atoms with E-state index >= 15 is 0 Å². The molecule has 2 aromatic rings. The lowest BCUT2D eigenvalue weighted by atomic mass is 10.0. The van der Waals surface area contributed by atoms with Crippen LogP contribution in [0.15, 0.2) is 42.5 Å². The molecule has 1 saturated heterocycles. The van der Waals surface area contributed by atoms with Crippen LogP contribution in [-0.4, -0.2) is 37.8 Å². The molecule has 0 saturated carbocycles. The van der Waals surface area contributed by atoms with Gasteiger partial charge < -0.3 is 19.5 Å². The van der Waals surface area contributed by atoms with Crippen LogP contribution in [0, 0.1) is 0 Å². The van der Waals surface area contributed by atoms with Crippen LogP contribution < -0.4 is 19.5 Å². The van der Waals surface area contributed by atoms with Crippen LogP contribution in [0.1, 0.15) is 30.0 Å². The highest BCUT2D eigenvalue weighted by Crippen LogP contribution is 2.33. The van der Waals surface area contributed by atoms with Crippen LogP contribution in [0.3, 0.4) is 0 Å². The number of benzene rings is 2. The predicted octanol–water partition coefficient (Wildman–Crippen LogP) is 2.88. The van der Waals surface area contributed by atoms with Gasteiger partial charge in [-0.25, -0.2) is 0 Å². The number of methoxy groups -OCH3 is 1. The number of ether oxygens (including phenoxy) is 3. The molecule has 2 aliphatic heterocycles. The molecule has 1 atom stereocenters. The van der Waals surface area contributed by atoms with Crippen molar-refractivity contribution in [3.63, 3.8) is 0 Å². The van der Waals surface area contributed by atoms with Crippen molar-refractivity contribution in [2.45, 2.75) is 25.4 Å². The maximum Gasteiger partial charge on any atom is 0.234 e. The molecule has 2 heterocycles. The van der Waals surface area contributed by atoms with E-state index in [1.54, 1.807) is 7.11 Å². The van der Waals surface area contributed by atoms with Crippen LogP contribution in [-0.2, 0) is 11.3 Å². The maximum absolute atomic E-state index is 12.5. The first-order valence-electron chi connectivity index (χ1n) is 9.26. The Labute approximate surface area is 159 Å². The first-order valence-corrected chi connectivity index (χ1v) is 9.26. The van der Waals surface area contributed by atoms with Gasteiger partial charge in [0.2, 0.25) is 12.7 Å². The standard InChI is InChI=1S/C21H24N2O4/c1-25-17-5-2-4-16(11-17)18-6-3-9-23(18)13-21(24)22-12-15-7-8-19-20(10-15)27-14-26-19/h2,4-5,7-8,10-11,18H,3,6,9,12-14H2,1H3,(H,22,24). The second-order valence-electron chi connectivity index (χ2n) is 6.87. The number of likely N-dealkylation sites (tertiary alicyclic amines) is 1. The summed E-state index contributed by atoms with van der Waals surface area (Å²) in [7, 11) is 1.68. The molecule has 0 spiro atoms. The fourth-order valence-corrected chi connectivity index (χ4v) is 3.73. The van der Waals surface area contributed by atoms with Crippen molar-refractivity contribution in [1.29, 1.82) is 0 Å². The summed E-state index contributed by atoms with van der Waals surface area (Å²) in [4.78, 5) is 14.7. The van der Waals surface area contributed by atoms with Crippen molar-refractivity contribution in [2.75, 3.05) is 27.0 Å². The van der Waals surface area contributed by atoms with Gasteiger partial charge in [-0.15, -0.1) is 0 Å². The largest absolute Gasteiger partial charge is 0.497 e. The van der Waals surface area contributed by atoms with E-state index in [0.717, 1.165) is 42.2 Å². The lowest BCUT2D eigenvalue weighted by molar-refractivity contribution is -0.122. The number of carbonyl (C=O) groups is 1. The molecule has 6 heteroatoms. The van der Waals surface area contributed by atoms with Gasteiger partial charge in [0, 0.05) is 12.6 Å². The molecule has 2 aliphatic rings. The maximum atomic E-state index is 12.5. The third-order valence-electron chi connectivity index (χ3n) is 5.12. The minimum Gasteiger partial charge on any atom is -0.497 e. The molecule has 0 bridgehead atoms. The normalized spacial score (nSPS) is 18.5. The Morgan fingerprint density at radius 1 is 1.22 bits per heavy atom. The zero-order valence-corrected chi connectivity index (χ0v) is 15.4. The predicted molar refractivity (Wildman–Crippen MR) is 101 cm³/mol. The van der Waals surface area contributed by atoms with Gasteiger partial charge >= 0.3 is 0 Å². The Morgan fingerprint density at radius 2 is 2.11 bits per heavy atom. The van der Waals surface area contributed by atoms with Crippen molar-refractivity contribution in [3.8, 4) is 17.2 Å². The van der Waals surface area contributed by atoms with E-state index in [1.165, 1.54) is 5.56 Å². The monoisotopic (exact) mass is 368 g/mol. The molecule has 0 aromatic heterocycles. The van der Waals surface area contributed by atoms with Gasteiger partial charge in [0.1, 0.15) is 5.75 Å². The summed E-state index contributed by atoms with van der Waals surface area (Å²) >= 11 is 0. The van der Waals surface area contributed by atoms with E-state index in [0.29, 0.717) is 13.1 Å². The fraction of sp³-hybridized carbons (Fsp3) is 0.381. The van der Waals surface area contributed by atoms with Crippen LogP contribution in [0.4, 0.5) is 0 Å². The lowest BCUT2D eigenvalue weighted by Gasteiger charge is -2.24. The van der Waals surface area contributed by atoms with Crippen molar-refractivity contribution >= 4 is 5.91 Å². The molecule has 6 nitrogen and oxygen atoms in total. The minimum absolute atomic E-state index is 0.0301. The number of hydrogen-bond acceptors (Lipinski definition) is 5. The van der Waals surface area contributed by atoms with Gasteiger partial charge in [-0.1, -0.05) is 18.2 Å². The third-order valence-corrected chi connectivity index (χ3v) is 5.12. The number of carbonyl (C=O) groups excluding carboxylic acids is 1. The van der Waals surface area contributed by atoms with Gasteiger partial charge in [-0.05, 0) is 54.8 Å². The summed E-state index contributed by atoms with van der Waals surface area (Å²) in [5.74, 6) is 2.37. The molecule has 1 fully saturated rings. The topological polar surface area (TPSA) is 60.0 Å². The lowest BCUT2D eigenvalue weighted by Crippen LogP contribution is -2.36. The number of nitrogens with zero attached hydrogens (tertiary/aromatic N) is 1. The van der Waals surface area contributed by atoms with E-state index in [2.05, 4.69) is 22.3 Å². The molecule has 4 rings (SSSR count). The summed E-state index contributed by atoms with van der Waals surface area (Å²) < 4.78 is 16.0. The summed E-state index contributed by atoms with van der Waals surface area (Å²) in [6.07, 6.45) is 2.15. The number of amides is 1. The molecule has 0 aliphatic carbocycles. The summed E-state index contributed by atoms with van der Waals surface area (Å²) in [5.41, 5.74) is 2.20. The molecule has 1 unspecified atom stereocenters. The molecule has 2 aromatic carbocycles. The highest BCUT2D eigenvalue weighted by molar-refractivity contribution is 5.78. The SMILES string of the molecule is COc1cccc(C2CCCN2CC(=O)NCc2ccc3c(c2)OCO3)c1. The fourth-order valence-electron chi connectivity index (χ4n) is 3.73. The molecular formula is C21H24N2O4. The molecular weight excluding hydrogens is 344 g/mol. The Hall–Kier alpha value is -2.73. The number of hydrogen-bond donors (Lipinski definition) is 1. The second kappa shape index (κ2) is 7.88. The molecule has 1 N–H and O–H groups in total. The quantitative estimate of drug-likeness (QED) is 0.850. The van der Waals surface area contributed by atoms with Gasteiger partial charge in [0.25, 0.3) is 0 Å². The van der Waals surface area contributed by atoms with E-state index in [9.17, 15) is 4.79 Å². The van der Waals surface area contributed by atoms with Crippen molar-refractivity contribution < 1.29 is 19.0 Å². The molecule has 1 amide bonds. The van der Waals surface area contributed by atoms with E-state index in [4.69, 9.17) is 14.2 Å². The van der Waals surface area contributed by atoms with Crippen LogP contribution >= 0.6 is 0 Å². The summed E-state index contributed by atoms with van der Waals surface area (Å²) in [6.45, 7) is 2.06. The van der Waals surface area contributed by atoms with E-state index in [-0.39, 0.29) is 18.7 Å². The smallest absolute Gasteiger partial charge is 0.234 e. The van der Waals surface area contributed by atoms with Gasteiger partial charge in [0.15, 0.2) is 11.5 Å². The molecule has 142 valence electrons. The second-order valence-corrected chi connectivity index (χ2v) is 6.87. The average Bonchev–Trinajstić information content (AvgIpc) is 3.35. The molecule has 0 radical (unpaired) electrons. The highest BCUT2D eigenvalue weighted by atomic mass is 16.7. The number of nitrogens with one attached hydrogen (secondary N) is 1. The summed E-state index contributed by atoms with van der Waals surface area (Å²) in [6, 6.07) is 14.1. The van der Waals surface area contributed by atoms with Crippen molar-refractivity contribution in [2.24, 2.45) is 0 Å². The number of fused-ring (bicyclic) bond motifs is 1. The Bertz CT molecular complexity index is 824. The first kappa shape index (κ1) is 17.7. The Balaban J connectivity index is 1.34. The van der Waals surface area contributed by atoms with Gasteiger partial charge in [-0.3, -0.25) is 9.69 Å². The van der Waals surface area contributed by atoms with Crippen molar-refractivity contribution in [1.82, 2.24) is 10.2 Å². The third kappa shape index (κ3) is 4.01. The van der Waals surface area contributed by atoms with Crippen LogP contribution in [0.2, 0.25) is 0 Å². The minimum atomic E-state index is 0.0301. The first-order chi connectivity index (χ1) is 13.2. The van der Waals surface area contributed by atoms with Crippen molar-refractivity contribution in [3.05, 3.63) is 53.6 Å². The molecule has 27 heavy (non-hydrogen) atoms. The van der Waals surface area contributed by atoms with Crippen LogP contribution in [0.25, 0.3) is 0 Å². The van der Waals surface area contributed by atoms with E-state index < -0.39 is 0 Å². The Morgan fingerprint density at radius 3 is 3.00 bits per heavy atom. The average molecular weight is 368 g/mol. The van der Waals surface area contributed by atoms with Crippen LogP contribution in [0.5, 0.6) is 17.2 Å². The van der Waals surface area contributed by atoms with Gasteiger partial charge in [-0.2, -0.15) is 0 Å². The van der Waals surface area contributed by atoms with Gasteiger partial charge in [0.05, 0.1) is 13.7 Å². The summed E-state index contributed by atoms with van der Waals surface area (Å²) in [5, 5.41) is 3.01. The highest BCUT2D eigenvalue weighted by Gasteiger charge is 2.27. The Kier molecular flexibility index (Phi) is 5.16. The zero-order valence-electron chi connectivity index (χ0n) is 15.4. The van der Waals surface area contributed by atoms with E-state index in [1.807, 2.05) is 30.3 Å². The number of rotatable bonds is 6.